The lowest BCUT2D eigenvalue weighted by molar-refractivity contribution is -0.255. The molecule has 0 aromatic rings. The van der Waals surface area contributed by atoms with Crippen molar-refractivity contribution in [2.75, 3.05) is 7.11 Å². The first kappa shape index (κ1) is 26.8. The Kier molecular flexibility index (Phi) is 6.66. The predicted octanol–water partition coefficient (Wildman–Crippen LogP) is 1.94. The summed E-state index contributed by atoms with van der Waals surface area (Å²) in [6.07, 6.45) is 2.20. The second kappa shape index (κ2) is 9.44. The van der Waals surface area contributed by atoms with Crippen molar-refractivity contribution < 1.29 is 43.9 Å². The molecule has 5 rings (SSSR count). The van der Waals surface area contributed by atoms with Gasteiger partial charge in [-0.1, -0.05) is 19.1 Å². The molecule has 10 heteroatoms. The summed E-state index contributed by atoms with van der Waals surface area (Å²) in [5.74, 6) is -5.03. The van der Waals surface area contributed by atoms with Crippen LogP contribution in [0.2, 0.25) is 0 Å². The number of methoxy groups -OCH3 is 1. The third kappa shape index (κ3) is 3.97. The number of ether oxygens (including phenoxy) is 3. The van der Waals surface area contributed by atoms with E-state index in [4.69, 9.17) is 19.9 Å². The quantitative estimate of drug-likeness (QED) is 0.423. The van der Waals surface area contributed by atoms with Crippen molar-refractivity contribution in [1.29, 1.82) is 0 Å². The summed E-state index contributed by atoms with van der Waals surface area (Å²) in [5, 5.41) is 33.3. The highest BCUT2D eigenvalue weighted by Crippen LogP contribution is 2.55. The van der Waals surface area contributed by atoms with E-state index in [2.05, 4.69) is 0 Å². The van der Waals surface area contributed by atoms with E-state index in [-0.39, 0.29) is 47.7 Å². The molecule has 38 heavy (non-hydrogen) atoms. The first-order chi connectivity index (χ1) is 17.9. The van der Waals surface area contributed by atoms with E-state index >= 15 is 0 Å². The number of nitrogens with two attached hydrogens (primary N) is 1. The van der Waals surface area contributed by atoms with Gasteiger partial charge in [0, 0.05) is 23.8 Å². The van der Waals surface area contributed by atoms with Crippen molar-refractivity contribution in [2.45, 2.75) is 70.7 Å². The first-order valence-corrected chi connectivity index (χ1v) is 13.0. The van der Waals surface area contributed by atoms with Gasteiger partial charge in [-0.15, -0.1) is 0 Å². The summed E-state index contributed by atoms with van der Waals surface area (Å²) in [6.45, 7) is 4.90. The molecular weight excluding hydrogens is 494 g/mol. The lowest BCUT2D eigenvalue weighted by Crippen LogP contribution is -2.55. The van der Waals surface area contributed by atoms with Crippen LogP contribution in [0.4, 0.5) is 0 Å². The van der Waals surface area contributed by atoms with Gasteiger partial charge < -0.3 is 35.3 Å². The van der Waals surface area contributed by atoms with Crippen LogP contribution >= 0.6 is 0 Å². The van der Waals surface area contributed by atoms with Crippen molar-refractivity contribution >= 4 is 17.3 Å². The van der Waals surface area contributed by atoms with Crippen LogP contribution in [0, 0.1) is 29.1 Å². The van der Waals surface area contributed by atoms with Crippen LogP contribution in [0.1, 0.15) is 40.0 Å². The summed E-state index contributed by atoms with van der Waals surface area (Å²) >= 11 is 0. The molecule has 1 saturated heterocycles. The monoisotopic (exact) mass is 529 g/mol. The Hall–Kier alpha value is -2.79. The molecule has 4 aliphatic carbocycles. The number of Topliss-reactive ketones (excluding diaryl/α,β-unsaturated/α-hetero) is 3. The molecule has 0 bridgehead atoms. The van der Waals surface area contributed by atoms with Gasteiger partial charge >= 0.3 is 0 Å². The zero-order valence-electron chi connectivity index (χ0n) is 21.9. The summed E-state index contributed by atoms with van der Waals surface area (Å²) in [7, 11) is 1.41. The standard InChI is InChI=1S/C28H35NO9/c1-11-23(31)15(29)8-18(37-11)38-17-10-28(3,12(2)30)9-14-20(17)27(35)22-21(25(14)33)24(32)13-6-5-7-16(36-4)19(13)26(22)34/h5-7,11,13-15,17-20,23,31,33,35H,8-10,29H2,1-4H3/t11-,13+,14-,15+,17+,18-,19+,20-,23-,28-/m1/s1. The second-order valence-corrected chi connectivity index (χ2v) is 11.4. The van der Waals surface area contributed by atoms with Crippen LogP contribution in [0.25, 0.3) is 0 Å². The summed E-state index contributed by atoms with van der Waals surface area (Å²) in [6, 6.07) is -0.603. The first-order valence-electron chi connectivity index (χ1n) is 13.0. The Morgan fingerprint density at radius 1 is 1.16 bits per heavy atom. The van der Waals surface area contributed by atoms with E-state index < -0.39 is 71.3 Å². The Balaban J connectivity index is 1.58. The predicted molar refractivity (Wildman–Crippen MR) is 133 cm³/mol. The number of aliphatic hydroxyl groups is 3. The normalized spacial score (nSPS) is 42.8. The topological polar surface area (TPSA) is 166 Å². The van der Waals surface area contributed by atoms with Crippen LogP contribution in [0.15, 0.2) is 46.7 Å². The van der Waals surface area contributed by atoms with Crippen LogP contribution in [0.3, 0.4) is 0 Å². The number of carbonyl (C=O) groups is 3. The number of hydrogen-bond acceptors (Lipinski definition) is 10. The van der Waals surface area contributed by atoms with E-state index in [0.717, 1.165) is 0 Å². The summed E-state index contributed by atoms with van der Waals surface area (Å²) < 4.78 is 17.5. The average molecular weight is 530 g/mol. The van der Waals surface area contributed by atoms with E-state index in [1.807, 2.05) is 0 Å². The molecule has 3 fully saturated rings. The zero-order chi connectivity index (χ0) is 27.7. The van der Waals surface area contributed by atoms with Gasteiger partial charge in [-0.3, -0.25) is 14.4 Å². The van der Waals surface area contributed by atoms with Crippen molar-refractivity contribution in [1.82, 2.24) is 0 Å². The lowest BCUT2D eigenvalue weighted by Gasteiger charge is -2.50. The number of rotatable bonds is 4. The zero-order valence-corrected chi connectivity index (χ0v) is 21.9. The fourth-order valence-corrected chi connectivity index (χ4v) is 6.76. The van der Waals surface area contributed by atoms with Gasteiger partial charge in [-0.2, -0.15) is 0 Å². The Morgan fingerprint density at radius 2 is 1.84 bits per heavy atom. The molecule has 0 unspecified atom stereocenters. The number of allylic oxidation sites excluding steroid dienone is 7. The van der Waals surface area contributed by atoms with Crippen molar-refractivity contribution in [3.8, 4) is 0 Å². The maximum atomic E-state index is 13.8. The highest BCUT2D eigenvalue weighted by Gasteiger charge is 2.58. The van der Waals surface area contributed by atoms with Gasteiger partial charge in [-0.25, -0.2) is 0 Å². The van der Waals surface area contributed by atoms with Crippen LogP contribution in [-0.4, -0.2) is 70.4 Å². The molecule has 206 valence electrons. The average Bonchev–Trinajstić information content (AvgIpc) is 2.87. The fraction of sp³-hybridized carbons (Fsp3) is 0.607. The van der Waals surface area contributed by atoms with Crippen LogP contribution in [-0.2, 0) is 28.6 Å². The molecular formula is C28H35NO9. The fourth-order valence-electron chi connectivity index (χ4n) is 6.76. The summed E-state index contributed by atoms with van der Waals surface area (Å²) in [5.41, 5.74) is 4.73. The van der Waals surface area contributed by atoms with Crippen molar-refractivity contribution in [2.24, 2.45) is 34.8 Å². The maximum absolute atomic E-state index is 13.8. The molecule has 1 heterocycles. The molecule has 0 spiro atoms. The van der Waals surface area contributed by atoms with E-state index in [1.54, 1.807) is 32.1 Å². The van der Waals surface area contributed by atoms with Crippen LogP contribution in [0.5, 0.6) is 0 Å². The van der Waals surface area contributed by atoms with Gasteiger partial charge in [0.15, 0.2) is 17.9 Å². The minimum absolute atomic E-state index is 0.127. The molecule has 5 aliphatic rings. The molecule has 10 nitrogen and oxygen atoms in total. The Morgan fingerprint density at radius 3 is 2.47 bits per heavy atom. The van der Waals surface area contributed by atoms with E-state index in [9.17, 15) is 29.7 Å². The number of ketones is 3. The molecule has 0 amide bonds. The number of fused-ring (bicyclic) bond motifs is 3. The third-order valence-electron chi connectivity index (χ3n) is 9.07. The molecule has 1 aliphatic heterocycles. The summed E-state index contributed by atoms with van der Waals surface area (Å²) in [4.78, 5) is 40.1. The van der Waals surface area contributed by atoms with Gasteiger partial charge in [0.2, 0.25) is 0 Å². The number of carbonyl (C=O) groups excluding carboxylic acids is 3. The number of hydrogen-bond donors (Lipinski definition) is 4. The third-order valence-corrected chi connectivity index (χ3v) is 9.07. The highest BCUT2D eigenvalue weighted by molar-refractivity contribution is 6.21. The largest absolute Gasteiger partial charge is 0.511 e. The molecule has 0 aromatic carbocycles. The second-order valence-electron chi connectivity index (χ2n) is 11.4. The van der Waals surface area contributed by atoms with Gasteiger partial charge in [0.05, 0.1) is 54.3 Å². The van der Waals surface area contributed by atoms with Crippen molar-refractivity contribution in [3.05, 3.63) is 46.7 Å². The van der Waals surface area contributed by atoms with Gasteiger partial charge in [0.1, 0.15) is 23.1 Å². The highest BCUT2D eigenvalue weighted by atomic mass is 16.7. The Bertz CT molecular complexity index is 1190. The maximum Gasteiger partial charge on any atom is 0.178 e. The minimum atomic E-state index is -0.949. The van der Waals surface area contributed by atoms with Crippen molar-refractivity contribution in [3.63, 3.8) is 0 Å². The van der Waals surface area contributed by atoms with Crippen LogP contribution < -0.4 is 5.73 Å². The molecule has 5 N–H and O–H groups in total. The molecule has 0 aromatic heterocycles. The Labute approximate surface area is 220 Å². The van der Waals surface area contributed by atoms with Gasteiger partial charge in [0.25, 0.3) is 0 Å². The van der Waals surface area contributed by atoms with Gasteiger partial charge in [-0.05, 0) is 32.8 Å². The smallest absolute Gasteiger partial charge is 0.178 e. The molecule has 0 radical (unpaired) electrons. The minimum Gasteiger partial charge on any atom is -0.511 e. The SMILES string of the molecule is COC1=CC=C[C@@H]2C(=O)C3=C(O)[C@@H]4C[C@@](C)(C(C)=O)C[C@H](O[C@@H]5C[C@H](N)[C@H](O)[C@@H](C)O5)[C@@H]4C(O)=C3C(=O)[C@H]12. The molecule has 10 atom stereocenters. The molecule has 2 saturated carbocycles. The lowest BCUT2D eigenvalue weighted by atomic mass is 9.57. The number of aliphatic hydroxyl groups excluding tert-OH is 3. The van der Waals surface area contributed by atoms with E-state index in [0.29, 0.717) is 5.76 Å². The van der Waals surface area contributed by atoms with E-state index in [1.165, 1.54) is 14.0 Å².